The topological polar surface area (TPSA) is 41.6 Å². The Hall–Kier alpha value is -1.19. The molecule has 0 fully saturated rings. The van der Waals surface area contributed by atoms with Crippen molar-refractivity contribution in [2.24, 2.45) is 0 Å². The Balaban J connectivity index is 4.23. The molecular formula is C7H14N2O2. The fourth-order valence-electron chi connectivity index (χ4n) is 0.595. The van der Waals surface area contributed by atoms with Crippen LogP contribution in [0.1, 0.15) is 0 Å². The van der Waals surface area contributed by atoms with Gasteiger partial charge in [0, 0.05) is 21.1 Å². The molecular weight excluding hydrogens is 144 g/mol. The van der Waals surface area contributed by atoms with Crippen molar-refractivity contribution in [2.75, 3.05) is 28.3 Å². The molecule has 0 atom stereocenters. The van der Waals surface area contributed by atoms with Gasteiger partial charge in [0.2, 0.25) is 0 Å². The summed E-state index contributed by atoms with van der Waals surface area (Å²) in [4.78, 5) is 12.5. The zero-order valence-electron chi connectivity index (χ0n) is 7.34. The van der Waals surface area contributed by atoms with E-state index in [-0.39, 0.29) is 5.97 Å². The van der Waals surface area contributed by atoms with Crippen molar-refractivity contribution in [2.45, 2.75) is 0 Å². The van der Waals surface area contributed by atoms with E-state index in [2.05, 4.69) is 10.1 Å². The van der Waals surface area contributed by atoms with Crippen molar-refractivity contribution < 1.29 is 9.53 Å². The summed E-state index contributed by atoms with van der Waals surface area (Å²) in [5, 5.41) is 2.85. The second-order valence-corrected chi connectivity index (χ2v) is 2.20. The Morgan fingerprint density at radius 2 is 2.09 bits per heavy atom. The number of carbonyl (C=O) groups is 1. The predicted molar refractivity (Wildman–Crippen MR) is 42.8 cm³/mol. The average molecular weight is 158 g/mol. The molecule has 0 aromatic rings. The molecule has 0 bridgehead atoms. The summed E-state index contributed by atoms with van der Waals surface area (Å²) < 4.78 is 4.45. The number of rotatable bonds is 3. The summed E-state index contributed by atoms with van der Waals surface area (Å²) >= 11 is 0. The number of methoxy groups -OCH3 is 1. The van der Waals surface area contributed by atoms with E-state index in [9.17, 15) is 4.79 Å². The van der Waals surface area contributed by atoms with Crippen LogP contribution < -0.4 is 5.32 Å². The molecule has 0 aromatic heterocycles. The SMILES string of the molecule is CN/C(=C\C(=O)OC)N(C)C. The summed E-state index contributed by atoms with van der Waals surface area (Å²) in [5.74, 6) is 0.361. The van der Waals surface area contributed by atoms with Crippen molar-refractivity contribution in [1.82, 2.24) is 10.2 Å². The van der Waals surface area contributed by atoms with E-state index in [0.717, 1.165) is 5.82 Å². The lowest BCUT2D eigenvalue weighted by Crippen LogP contribution is -2.23. The summed E-state index contributed by atoms with van der Waals surface area (Å²) in [6, 6.07) is 0. The van der Waals surface area contributed by atoms with Crippen LogP contribution in [-0.2, 0) is 9.53 Å². The molecule has 0 radical (unpaired) electrons. The number of ether oxygens (including phenoxy) is 1. The Morgan fingerprint density at radius 1 is 1.55 bits per heavy atom. The zero-order chi connectivity index (χ0) is 8.85. The van der Waals surface area contributed by atoms with Crippen LogP contribution in [0.3, 0.4) is 0 Å². The summed E-state index contributed by atoms with van der Waals surface area (Å²) in [6.45, 7) is 0. The normalized spacial score (nSPS) is 10.7. The monoisotopic (exact) mass is 158 g/mol. The number of nitrogens with zero attached hydrogens (tertiary/aromatic N) is 1. The number of carbonyl (C=O) groups excluding carboxylic acids is 1. The molecule has 11 heavy (non-hydrogen) atoms. The number of hydrogen-bond donors (Lipinski definition) is 1. The van der Waals surface area contributed by atoms with E-state index >= 15 is 0 Å². The number of hydrogen-bond acceptors (Lipinski definition) is 4. The first kappa shape index (κ1) is 9.81. The molecule has 0 amide bonds. The van der Waals surface area contributed by atoms with Crippen molar-refractivity contribution in [3.8, 4) is 0 Å². The maximum atomic E-state index is 10.7. The number of nitrogens with one attached hydrogen (secondary N) is 1. The Bertz CT molecular complexity index is 164. The lowest BCUT2D eigenvalue weighted by Gasteiger charge is -2.15. The Labute approximate surface area is 66.8 Å². The lowest BCUT2D eigenvalue weighted by molar-refractivity contribution is -0.135. The van der Waals surface area contributed by atoms with Crippen LogP contribution in [0.4, 0.5) is 0 Å². The highest BCUT2D eigenvalue weighted by molar-refractivity contribution is 5.82. The van der Waals surface area contributed by atoms with Crippen molar-refractivity contribution in [3.05, 3.63) is 11.9 Å². The van der Waals surface area contributed by atoms with Crippen LogP contribution in [0, 0.1) is 0 Å². The summed E-state index contributed by atoms with van der Waals surface area (Å²) in [6.07, 6.45) is 1.39. The highest BCUT2D eigenvalue weighted by Gasteiger charge is 2.00. The first-order valence-corrected chi connectivity index (χ1v) is 3.26. The van der Waals surface area contributed by atoms with Gasteiger partial charge in [-0.15, -0.1) is 0 Å². The minimum Gasteiger partial charge on any atom is -0.466 e. The third-order valence-corrected chi connectivity index (χ3v) is 1.19. The molecule has 1 N–H and O–H groups in total. The van der Waals surface area contributed by atoms with Crippen molar-refractivity contribution >= 4 is 5.97 Å². The first-order valence-electron chi connectivity index (χ1n) is 3.26. The van der Waals surface area contributed by atoms with E-state index in [1.165, 1.54) is 13.2 Å². The predicted octanol–water partition coefficient (Wildman–Crippen LogP) is -0.218. The smallest absolute Gasteiger partial charge is 0.334 e. The molecule has 0 aliphatic carbocycles. The molecule has 0 aliphatic heterocycles. The molecule has 0 aliphatic rings. The van der Waals surface area contributed by atoms with E-state index in [0.29, 0.717) is 0 Å². The van der Waals surface area contributed by atoms with Crippen LogP contribution in [-0.4, -0.2) is 39.1 Å². The van der Waals surface area contributed by atoms with Gasteiger partial charge in [0.25, 0.3) is 0 Å². The van der Waals surface area contributed by atoms with Crippen LogP contribution in [0.25, 0.3) is 0 Å². The van der Waals surface area contributed by atoms with Crippen LogP contribution >= 0.6 is 0 Å². The Morgan fingerprint density at radius 3 is 2.36 bits per heavy atom. The third-order valence-electron chi connectivity index (χ3n) is 1.19. The van der Waals surface area contributed by atoms with Gasteiger partial charge in [-0.3, -0.25) is 0 Å². The molecule has 0 saturated heterocycles. The minimum absolute atomic E-state index is 0.358. The molecule has 64 valence electrons. The van der Waals surface area contributed by atoms with Gasteiger partial charge in [-0.1, -0.05) is 0 Å². The van der Waals surface area contributed by atoms with Crippen LogP contribution in [0.5, 0.6) is 0 Å². The van der Waals surface area contributed by atoms with Crippen molar-refractivity contribution in [3.63, 3.8) is 0 Å². The van der Waals surface area contributed by atoms with E-state index < -0.39 is 0 Å². The third kappa shape index (κ3) is 3.50. The molecule has 0 spiro atoms. The average Bonchev–Trinajstić information content (AvgIpc) is 1.99. The van der Waals surface area contributed by atoms with Gasteiger partial charge in [0.05, 0.1) is 13.2 Å². The summed E-state index contributed by atoms with van der Waals surface area (Å²) in [5.41, 5.74) is 0. The molecule has 0 heterocycles. The molecule has 0 unspecified atom stereocenters. The van der Waals surface area contributed by atoms with Gasteiger partial charge in [-0.05, 0) is 0 Å². The highest BCUT2D eigenvalue weighted by Crippen LogP contribution is 1.92. The van der Waals surface area contributed by atoms with Gasteiger partial charge in [0.1, 0.15) is 5.82 Å². The fraction of sp³-hybridized carbons (Fsp3) is 0.571. The fourth-order valence-corrected chi connectivity index (χ4v) is 0.595. The van der Waals surface area contributed by atoms with Gasteiger partial charge in [-0.25, -0.2) is 4.79 Å². The molecule has 4 heteroatoms. The van der Waals surface area contributed by atoms with Crippen molar-refractivity contribution in [1.29, 1.82) is 0 Å². The maximum Gasteiger partial charge on any atom is 0.334 e. The van der Waals surface area contributed by atoms with E-state index in [1.807, 2.05) is 14.1 Å². The van der Waals surface area contributed by atoms with Gasteiger partial charge >= 0.3 is 5.97 Å². The largest absolute Gasteiger partial charge is 0.466 e. The second kappa shape index (κ2) is 4.60. The van der Waals surface area contributed by atoms with Crippen LogP contribution in [0.15, 0.2) is 11.9 Å². The molecule has 0 saturated carbocycles. The molecule has 0 aromatic carbocycles. The highest BCUT2D eigenvalue weighted by atomic mass is 16.5. The maximum absolute atomic E-state index is 10.7. The van der Waals surface area contributed by atoms with E-state index in [1.54, 1.807) is 11.9 Å². The van der Waals surface area contributed by atoms with Gasteiger partial charge in [-0.2, -0.15) is 0 Å². The summed E-state index contributed by atoms with van der Waals surface area (Å²) in [7, 11) is 6.77. The minimum atomic E-state index is -0.358. The van der Waals surface area contributed by atoms with Crippen LogP contribution in [0.2, 0.25) is 0 Å². The molecule has 4 nitrogen and oxygen atoms in total. The standard InChI is InChI=1S/C7H14N2O2/c1-8-6(9(2)3)5-7(10)11-4/h5,8H,1-4H3/b6-5+. The van der Waals surface area contributed by atoms with E-state index in [4.69, 9.17) is 0 Å². The number of esters is 1. The quantitative estimate of drug-likeness (QED) is 0.455. The Kier molecular flexibility index (Phi) is 4.10. The lowest BCUT2D eigenvalue weighted by atomic mass is 10.5. The zero-order valence-corrected chi connectivity index (χ0v) is 7.34. The second-order valence-electron chi connectivity index (χ2n) is 2.20. The first-order chi connectivity index (χ1) is 5.11. The van der Waals surface area contributed by atoms with Gasteiger partial charge < -0.3 is 15.0 Å². The molecule has 0 rings (SSSR count). The van der Waals surface area contributed by atoms with Gasteiger partial charge in [0.15, 0.2) is 0 Å².